The molecule has 118 valence electrons. The third-order valence-electron chi connectivity index (χ3n) is 3.17. The van der Waals surface area contributed by atoms with Crippen molar-refractivity contribution in [3.05, 3.63) is 0 Å². The molecule has 6 heteroatoms. The van der Waals surface area contributed by atoms with Gasteiger partial charge >= 0.3 is 5.97 Å². The van der Waals surface area contributed by atoms with E-state index in [1.807, 2.05) is 0 Å². The average Bonchev–Trinajstić information content (AvgIpc) is 2.38. The van der Waals surface area contributed by atoms with Gasteiger partial charge in [-0.2, -0.15) is 0 Å². The van der Waals surface area contributed by atoms with Crippen LogP contribution in [0.15, 0.2) is 0 Å². The van der Waals surface area contributed by atoms with Gasteiger partial charge in [0.2, 0.25) is 5.91 Å². The topological polar surface area (TPSA) is 84.9 Å². The van der Waals surface area contributed by atoms with Crippen molar-refractivity contribution in [1.29, 1.82) is 0 Å². The zero-order valence-corrected chi connectivity index (χ0v) is 12.7. The summed E-state index contributed by atoms with van der Waals surface area (Å²) >= 11 is 0. The van der Waals surface area contributed by atoms with Gasteiger partial charge in [-0.15, -0.1) is 0 Å². The van der Waals surface area contributed by atoms with E-state index in [1.165, 1.54) is 0 Å². The molecule has 1 unspecified atom stereocenters. The molecule has 0 spiro atoms. The number of methoxy groups -OCH3 is 1. The summed E-state index contributed by atoms with van der Waals surface area (Å²) < 4.78 is 9.91. The minimum Gasteiger partial charge on any atom is -0.481 e. The van der Waals surface area contributed by atoms with Crippen LogP contribution in [0.2, 0.25) is 0 Å². The molecule has 0 radical (unpaired) electrons. The quantitative estimate of drug-likeness (QED) is 0.529. The van der Waals surface area contributed by atoms with E-state index in [0.717, 1.165) is 6.42 Å². The van der Waals surface area contributed by atoms with Gasteiger partial charge in [-0.3, -0.25) is 9.59 Å². The Hall–Kier alpha value is -1.14. The normalized spacial score (nSPS) is 12.4. The molecule has 0 aromatic heterocycles. The number of carbonyl (C=O) groups is 2. The van der Waals surface area contributed by atoms with E-state index in [0.29, 0.717) is 38.0 Å². The summed E-state index contributed by atoms with van der Waals surface area (Å²) in [4.78, 5) is 22.0. The van der Waals surface area contributed by atoms with Crippen molar-refractivity contribution in [1.82, 2.24) is 5.32 Å². The fraction of sp³-hybridized carbons (Fsp3) is 0.857. The third kappa shape index (κ3) is 10.8. The lowest BCUT2D eigenvalue weighted by atomic mass is 9.88. The van der Waals surface area contributed by atoms with Gasteiger partial charge in [-0.05, 0) is 24.7 Å². The van der Waals surface area contributed by atoms with E-state index < -0.39 is 5.97 Å². The first-order chi connectivity index (χ1) is 9.47. The molecule has 0 fully saturated rings. The summed E-state index contributed by atoms with van der Waals surface area (Å²) in [5.74, 6) is -0.210. The Balaban J connectivity index is 3.76. The maximum atomic E-state index is 11.5. The van der Waals surface area contributed by atoms with E-state index in [1.54, 1.807) is 7.11 Å². The van der Waals surface area contributed by atoms with Crippen molar-refractivity contribution < 1.29 is 24.2 Å². The Kier molecular flexibility index (Phi) is 11.0. The van der Waals surface area contributed by atoms with Crippen molar-refractivity contribution in [2.45, 2.75) is 33.1 Å². The van der Waals surface area contributed by atoms with Crippen molar-refractivity contribution in [3.63, 3.8) is 0 Å². The molecule has 0 heterocycles. The SMILES string of the molecule is COCCOCC(=O)NCCC(CCC(=O)O)C(C)C. The summed E-state index contributed by atoms with van der Waals surface area (Å²) in [6, 6.07) is 0. The largest absolute Gasteiger partial charge is 0.481 e. The van der Waals surface area contributed by atoms with Crippen LogP contribution in [-0.4, -0.2) is 50.5 Å². The number of hydrogen-bond donors (Lipinski definition) is 2. The molecule has 20 heavy (non-hydrogen) atoms. The number of ether oxygens (including phenoxy) is 2. The Morgan fingerprint density at radius 3 is 2.45 bits per heavy atom. The number of nitrogens with one attached hydrogen (secondary N) is 1. The van der Waals surface area contributed by atoms with E-state index in [2.05, 4.69) is 19.2 Å². The lowest BCUT2D eigenvalue weighted by Gasteiger charge is -2.20. The van der Waals surface area contributed by atoms with Crippen molar-refractivity contribution in [2.75, 3.05) is 33.5 Å². The van der Waals surface area contributed by atoms with Crippen LogP contribution < -0.4 is 5.32 Å². The Labute approximate surface area is 120 Å². The number of carboxylic acid groups (broad SMARTS) is 1. The maximum Gasteiger partial charge on any atom is 0.303 e. The van der Waals surface area contributed by atoms with Gasteiger partial charge in [0.1, 0.15) is 6.61 Å². The van der Waals surface area contributed by atoms with Gasteiger partial charge in [-0.25, -0.2) is 0 Å². The molecule has 0 aromatic carbocycles. The second-order valence-electron chi connectivity index (χ2n) is 5.12. The molecule has 0 saturated heterocycles. The second-order valence-corrected chi connectivity index (χ2v) is 5.12. The summed E-state index contributed by atoms with van der Waals surface area (Å²) in [6.45, 7) is 5.60. The van der Waals surface area contributed by atoms with E-state index in [4.69, 9.17) is 14.6 Å². The van der Waals surface area contributed by atoms with Crippen LogP contribution in [0.5, 0.6) is 0 Å². The maximum absolute atomic E-state index is 11.5. The fourth-order valence-electron chi connectivity index (χ4n) is 1.88. The first-order valence-electron chi connectivity index (χ1n) is 7.02. The highest BCUT2D eigenvalue weighted by Gasteiger charge is 2.15. The molecule has 0 aliphatic rings. The number of rotatable bonds is 12. The van der Waals surface area contributed by atoms with Gasteiger partial charge < -0.3 is 19.9 Å². The van der Waals surface area contributed by atoms with Crippen LogP contribution in [0, 0.1) is 11.8 Å². The lowest BCUT2D eigenvalue weighted by Crippen LogP contribution is -2.30. The Morgan fingerprint density at radius 2 is 1.90 bits per heavy atom. The molecule has 2 N–H and O–H groups in total. The Morgan fingerprint density at radius 1 is 1.20 bits per heavy atom. The van der Waals surface area contributed by atoms with E-state index >= 15 is 0 Å². The number of carbonyl (C=O) groups excluding carboxylic acids is 1. The monoisotopic (exact) mass is 289 g/mol. The number of aliphatic carboxylic acids is 1. The minimum absolute atomic E-state index is 0.0326. The zero-order valence-electron chi connectivity index (χ0n) is 12.7. The molecule has 0 aliphatic heterocycles. The minimum atomic E-state index is -0.772. The molecule has 0 rings (SSSR count). The Bertz CT molecular complexity index is 281. The first kappa shape index (κ1) is 18.9. The first-order valence-corrected chi connectivity index (χ1v) is 7.02. The van der Waals surface area contributed by atoms with Gasteiger partial charge in [0.25, 0.3) is 0 Å². The summed E-state index contributed by atoms with van der Waals surface area (Å²) in [7, 11) is 1.58. The van der Waals surface area contributed by atoms with Crippen molar-refractivity contribution in [2.24, 2.45) is 11.8 Å². The standard InChI is InChI=1S/C14H27NO5/c1-11(2)12(4-5-14(17)18)6-7-15-13(16)10-20-9-8-19-3/h11-12H,4-10H2,1-3H3,(H,15,16)(H,17,18). The van der Waals surface area contributed by atoms with E-state index in [9.17, 15) is 9.59 Å². The van der Waals surface area contributed by atoms with Gasteiger partial charge in [0.05, 0.1) is 13.2 Å². The predicted molar refractivity (Wildman–Crippen MR) is 75.5 cm³/mol. The molecule has 6 nitrogen and oxygen atoms in total. The van der Waals surface area contributed by atoms with Crippen LogP contribution in [-0.2, 0) is 19.1 Å². The van der Waals surface area contributed by atoms with Crippen LogP contribution in [0.3, 0.4) is 0 Å². The van der Waals surface area contributed by atoms with Crippen molar-refractivity contribution >= 4 is 11.9 Å². The zero-order chi connectivity index (χ0) is 15.4. The molecule has 0 aromatic rings. The summed E-state index contributed by atoms with van der Waals surface area (Å²) in [5.41, 5.74) is 0. The highest BCUT2D eigenvalue weighted by atomic mass is 16.5. The highest BCUT2D eigenvalue weighted by molar-refractivity contribution is 5.77. The number of hydrogen-bond acceptors (Lipinski definition) is 4. The molecular weight excluding hydrogens is 262 g/mol. The number of carboxylic acids is 1. The molecule has 0 saturated carbocycles. The van der Waals surface area contributed by atoms with Crippen LogP contribution in [0.4, 0.5) is 0 Å². The lowest BCUT2D eigenvalue weighted by molar-refractivity contribution is -0.137. The van der Waals surface area contributed by atoms with Crippen molar-refractivity contribution in [3.8, 4) is 0 Å². The fourth-order valence-corrected chi connectivity index (χ4v) is 1.88. The summed E-state index contributed by atoms with van der Waals surface area (Å²) in [5, 5.41) is 11.5. The number of amides is 1. The molecule has 1 atom stereocenters. The van der Waals surface area contributed by atoms with Gasteiger partial charge in [0, 0.05) is 20.1 Å². The molecular formula is C14H27NO5. The van der Waals surface area contributed by atoms with Gasteiger partial charge in [0.15, 0.2) is 0 Å². The molecule has 1 amide bonds. The smallest absolute Gasteiger partial charge is 0.303 e. The predicted octanol–water partition coefficient (Wildman–Crippen LogP) is 1.29. The van der Waals surface area contributed by atoms with Crippen LogP contribution in [0.25, 0.3) is 0 Å². The average molecular weight is 289 g/mol. The van der Waals surface area contributed by atoms with Crippen LogP contribution in [0.1, 0.15) is 33.1 Å². The molecule has 0 aliphatic carbocycles. The van der Waals surface area contributed by atoms with Crippen LogP contribution >= 0.6 is 0 Å². The highest BCUT2D eigenvalue weighted by Crippen LogP contribution is 2.20. The molecule has 0 bridgehead atoms. The van der Waals surface area contributed by atoms with E-state index in [-0.39, 0.29) is 18.9 Å². The second kappa shape index (κ2) is 11.7. The third-order valence-corrected chi connectivity index (χ3v) is 3.17. The summed E-state index contributed by atoms with van der Waals surface area (Å²) in [6.07, 6.45) is 1.61. The van der Waals surface area contributed by atoms with Gasteiger partial charge in [-0.1, -0.05) is 13.8 Å².